The van der Waals surface area contributed by atoms with Gasteiger partial charge in [0.2, 0.25) is 5.91 Å². The van der Waals surface area contributed by atoms with Crippen LogP contribution in [0.1, 0.15) is 31.2 Å². The van der Waals surface area contributed by atoms with Gasteiger partial charge in [0, 0.05) is 13.6 Å². The van der Waals surface area contributed by atoms with Crippen LogP contribution in [0.4, 0.5) is 0 Å². The molecule has 2 rings (SSSR count). The van der Waals surface area contributed by atoms with Crippen LogP contribution in [0.15, 0.2) is 22.0 Å². The molecule has 5 nitrogen and oxygen atoms in total. The van der Waals surface area contributed by atoms with Gasteiger partial charge >= 0.3 is 0 Å². The molecule has 1 aromatic heterocycles. The van der Waals surface area contributed by atoms with Crippen molar-refractivity contribution in [1.82, 2.24) is 4.90 Å². The Balaban J connectivity index is 2.16. The molecule has 0 unspecified atom stereocenters. The van der Waals surface area contributed by atoms with Gasteiger partial charge < -0.3 is 15.8 Å². The van der Waals surface area contributed by atoms with Crippen LogP contribution < -0.4 is 5.73 Å². The van der Waals surface area contributed by atoms with E-state index in [0.29, 0.717) is 19.4 Å². The van der Waals surface area contributed by atoms with Crippen LogP contribution in [0.3, 0.4) is 0 Å². The zero-order chi connectivity index (χ0) is 13.9. The van der Waals surface area contributed by atoms with Crippen molar-refractivity contribution in [2.24, 2.45) is 16.3 Å². The van der Waals surface area contributed by atoms with Crippen molar-refractivity contribution in [2.45, 2.75) is 32.2 Å². The van der Waals surface area contributed by atoms with Crippen molar-refractivity contribution in [3.05, 3.63) is 22.4 Å². The number of nitrogens with zero attached hydrogens (tertiary/aromatic N) is 2. The van der Waals surface area contributed by atoms with E-state index in [-0.39, 0.29) is 11.7 Å². The summed E-state index contributed by atoms with van der Waals surface area (Å²) in [6, 6.07) is 2.00. The summed E-state index contributed by atoms with van der Waals surface area (Å²) in [4.78, 5) is 14.3. The lowest BCUT2D eigenvalue weighted by Crippen LogP contribution is -2.48. The number of hydrogen-bond acceptors (Lipinski definition) is 4. The average molecular weight is 281 g/mol. The third-order valence-corrected chi connectivity index (χ3v) is 4.54. The largest absolute Gasteiger partial charge is 0.409 e. The molecule has 0 radical (unpaired) electrons. The van der Waals surface area contributed by atoms with Gasteiger partial charge in [-0.1, -0.05) is 18.0 Å². The highest BCUT2D eigenvalue weighted by Gasteiger charge is 2.46. The highest BCUT2D eigenvalue weighted by Crippen LogP contribution is 2.40. The van der Waals surface area contributed by atoms with Crippen molar-refractivity contribution >= 4 is 23.1 Å². The monoisotopic (exact) mass is 281 g/mol. The molecule has 1 saturated carbocycles. The lowest BCUT2D eigenvalue weighted by molar-refractivity contribution is -0.137. The summed E-state index contributed by atoms with van der Waals surface area (Å²) in [5.74, 6) is -0.00123. The number of hydrogen-bond donors (Lipinski definition) is 2. The van der Waals surface area contributed by atoms with Gasteiger partial charge in [0.25, 0.3) is 0 Å². The second kappa shape index (κ2) is 5.61. The second-order valence-electron chi connectivity index (χ2n) is 5.07. The van der Waals surface area contributed by atoms with Gasteiger partial charge in [-0.2, -0.15) is 11.3 Å². The normalized spacial score (nSPS) is 18.5. The van der Waals surface area contributed by atoms with Gasteiger partial charge in [-0.25, -0.2) is 0 Å². The first kappa shape index (κ1) is 13.9. The molecule has 0 spiro atoms. The van der Waals surface area contributed by atoms with Crippen LogP contribution >= 0.6 is 11.3 Å². The topological polar surface area (TPSA) is 78.9 Å². The Morgan fingerprint density at radius 1 is 1.58 bits per heavy atom. The maximum atomic E-state index is 12.7. The van der Waals surface area contributed by atoms with E-state index in [1.54, 1.807) is 23.3 Å². The Labute approximate surface area is 116 Å². The Hall–Kier alpha value is -1.56. The Morgan fingerprint density at radius 2 is 2.26 bits per heavy atom. The summed E-state index contributed by atoms with van der Waals surface area (Å²) in [5.41, 5.74) is 6.08. The molecule has 1 fully saturated rings. The quantitative estimate of drug-likeness (QED) is 0.383. The molecule has 1 heterocycles. The first-order valence-corrected chi connectivity index (χ1v) is 7.29. The smallest absolute Gasteiger partial charge is 0.236 e. The zero-order valence-corrected chi connectivity index (χ0v) is 11.8. The highest BCUT2D eigenvalue weighted by atomic mass is 32.1. The molecule has 0 bridgehead atoms. The van der Waals surface area contributed by atoms with Crippen molar-refractivity contribution in [3.63, 3.8) is 0 Å². The lowest BCUT2D eigenvalue weighted by atomic mass is 9.83. The van der Waals surface area contributed by atoms with Crippen molar-refractivity contribution in [1.29, 1.82) is 0 Å². The fourth-order valence-corrected chi connectivity index (χ4v) is 3.41. The Kier molecular flexibility index (Phi) is 4.09. The molecule has 0 atom stereocenters. The molecule has 0 aliphatic heterocycles. The molecule has 1 aromatic rings. The summed E-state index contributed by atoms with van der Waals surface area (Å²) in [5, 5.41) is 16.0. The minimum Gasteiger partial charge on any atom is -0.409 e. The average Bonchev–Trinajstić information content (AvgIpc) is 3.08. The van der Waals surface area contributed by atoms with Crippen molar-refractivity contribution < 1.29 is 10.0 Å². The number of carbonyl (C=O) groups excluding carboxylic acids is 1. The lowest BCUT2D eigenvalue weighted by Gasteiger charge is -2.31. The standard InChI is InChI=1S/C13H19N3O2S/c1-16(8-10-4-7-19-9-10)12(17)13(11(14)15-18)5-2-3-6-13/h4,7,9,18H,2-3,5-6,8H2,1H3,(H2,14,15). The summed E-state index contributed by atoms with van der Waals surface area (Å²) in [6.45, 7) is 0.558. The fraction of sp³-hybridized carbons (Fsp3) is 0.538. The Bertz CT molecular complexity index is 464. The molecule has 3 N–H and O–H groups in total. The number of carbonyl (C=O) groups is 1. The van der Waals surface area contributed by atoms with E-state index < -0.39 is 5.41 Å². The van der Waals surface area contributed by atoms with Gasteiger partial charge in [0.05, 0.1) is 0 Å². The van der Waals surface area contributed by atoms with Gasteiger partial charge in [-0.05, 0) is 35.2 Å². The molecule has 1 amide bonds. The molecule has 0 aromatic carbocycles. The molecular weight excluding hydrogens is 262 g/mol. The van der Waals surface area contributed by atoms with E-state index in [9.17, 15) is 4.79 Å². The van der Waals surface area contributed by atoms with Crippen molar-refractivity contribution in [3.8, 4) is 0 Å². The van der Waals surface area contributed by atoms with E-state index in [1.165, 1.54) is 0 Å². The molecular formula is C13H19N3O2S. The highest BCUT2D eigenvalue weighted by molar-refractivity contribution is 7.07. The first-order chi connectivity index (χ1) is 9.10. The van der Waals surface area contributed by atoms with Crippen LogP contribution in [0, 0.1) is 5.41 Å². The fourth-order valence-electron chi connectivity index (χ4n) is 2.75. The SMILES string of the molecule is CN(Cc1ccsc1)C(=O)C1(C(N)=NO)CCCC1. The van der Waals surface area contributed by atoms with E-state index in [0.717, 1.165) is 18.4 Å². The molecule has 0 saturated heterocycles. The maximum absolute atomic E-state index is 12.7. The second-order valence-corrected chi connectivity index (χ2v) is 5.85. The van der Waals surface area contributed by atoms with E-state index >= 15 is 0 Å². The summed E-state index contributed by atoms with van der Waals surface area (Å²) in [6.07, 6.45) is 3.20. The minimum absolute atomic E-state index is 0.0483. The van der Waals surface area contributed by atoms with Crippen molar-refractivity contribution in [2.75, 3.05) is 7.05 Å². The van der Waals surface area contributed by atoms with Gasteiger partial charge in [0.1, 0.15) is 5.41 Å². The summed E-state index contributed by atoms with van der Waals surface area (Å²) >= 11 is 1.61. The Morgan fingerprint density at radius 3 is 2.79 bits per heavy atom. The van der Waals surface area contributed by atoms with Crippen LogP contribution in [-0.4, -0.2) is 28.9 Å². The molecule has 1 aliphatic rings. The first-order valence-electron chi connectivity index (χ1n) is 6.35. The van der Waals surface area contributed by atoms with E-state index in [4.69, 9.17) is 10.9 Å². The number of nitrogens with two attached hydrogens (primary N) is 1. The van der Waals surface area contributed by atoms with Gasteiger partial charge in [0.15, 0.2) is 5.84 Å². The molecule has 1 aliphatic carbocycles. The maximum Gasteiger partial charge on any atom is 0.236 e. The number of thiophene rings is 1. The number of amidine groups is 1. The molecule has 104 valence electrons. The summed E-state index contributed by atoms with van der Waals surface area (Å²) in [7, 11) is 1.77. The predicted molar refractivity (Wildman–Crippen MR) is 75.1 cm³/mol. The van der Waals surface area contributed by atoms with Crippen LogP contribution in [-0.2, 0) is 11.3 Å². The number of oxime groups is 1. The van der Waals surface area contributed by atoms with Crippen LogP contribution in [0.5, 0.6) is 0 Å². The van der Waals surface area contributed by atoms with E-state index in [2.05, 4.69) is 5.16 Å². The third-order valence-electron chi connectivity index (χ3n) is 3.81. The zero-order valence-electron chi connectivity index (χ0n) is 11.0. The molecule has 19 heavy (non-hydrogen) atoms. The van der Waals surface area contributed by atoms with Crippen LogP contribution in [0.25, 0.3) is 0 Å². The molecule has 6 heteroatoms. The minimum atomic E-state index is -0.806. The predicted octanol–water partition coefficient (Wildman–Crippen LogP) is 2.01. The van der Waals surface area contributed by atoms with Gasteiger partial charge in [-0.15, -0.1) is 0 Å². The number of amides is 1. The third kappa shape index (κ3) is 2.58. The van der Waals surface area contributed by atoms with Crippen LogP contribution in [0.2, 0.25) is 0 Å². The summed E-state index contributed by atoms with van der Waals surface area (Å²) < 4.78 is 0. The van der Waals surface area contributed by atoms with E-state index in [1.807, 2.05) is 16.8 Å². The number of rotatable bonds is 4. The van der Waals surface area contributed by atoms with Gasteiger partial charge in [-0.3, -0.25) is 4.79 Å².